The standard InChI is InChI=1S/C15H26O/c1-10(2)14(16)12-7-9-15(4)8-5-6-11(3)13(12)15/h10,12-14,16H,3,5-9H2,1-2,4H3/t12-,13?,14?,15?/m0/s1. The van der Waals surface area contributed by atoms with Gasteiger partial charge in [0.1, 0.15) is 0 Å². The van der Waals surface area contributed by atoms with Gasteiger partial charge in [-0.15, -0.1) is 0 Å². The van der Waals surface area contributed by atoms with Gasteiger partial charge in [-0.2, -0.15) is 0 Å². The van der Waals surface area contributed by atoms with Crippen molar-refractivity contribution in [1.29, 1.82) is 0 Å². The summed E-state index contributed by atoms with van der Waals surface area (Å²) in [6, 6.07) is 0. The third kappa shape index (κ3) is 1.84. The van der Waals surface area contributed by atoms with Crippen molar-refractivity contribution in [3.05, 3.63) is 12.2 Å². The van der Waals surface area contributed by atoms with Gasteiger partial charge in [0.05, 0.1) is 6.10 Å². The second-order valence-corrected chi connectivity index (χ2v) is 6.58. The van der Waals surface area contributed by atoms with Crippen LogP contribution in [0.2, 0.25) is 0 Å². The number of hydrogen-bond acceptors (Lipinski definition) is 1. The van der Waals surface area contributed by atoms with Crippen LogP contribution < -0.4 is 0 Å². The lowest BCUT2D eigenvalue weighted by molar-refractivity contribution is 0.0320. The van der Waals surface area contributed by atoms with Crippen LogP contribution in [0.3, 0.4) is 0 Å². The van der Waals surface area contributed by atoms with Crippen LogP contribution in [0.15, 0.2) is 12.2 Å². The van der Waals surface area contributed by atoms with Crippen molar-refractivity contribution in [2.45, 2.75) is 59.0 Å². The van der Waals surface area contributed by atoms with Crippen molar-refractivity contribution in [3.8, 4) is 0 Å². The number of rotatable bonds is 2. The zero-order valence-corrected chi connectivity index (χ0v) is 11.0. The van der Waals surface area contributed by atoms with Crippen molar-refractivity contribution in [2.75, 3.05) is 0 Å². The van der Waals surface area contributed by atoms with E-state index in [1.54, 1.807) is 0 Å². The van der Waals surface area contributed by atoms with Gasteiger partial charge < -0.3 is 5.11 Å². The molecule has 0 aliphatic heterocycles. The summed E-state index contributed by atoms with van der Waals surface area (Å²) in [5.41, 5.74) is 1.85. The zero-order chi connectivity index (χ0) is 11.9. The molecule has 2 aliphatic carbocycles. The molecule has 0 spiro atoms. The molecule has 4 atom stereocenters. The van der Waals surface area contributed by atoms with Gasteiger partial charge in [0.25, 0.3) is 0 Å². The molecule has 0 heterocycles. The van der Waals surface area contributed by atoms with Gasteiger partial charge in [0.2, 0.25) is 0 Å². The van der Waals surface area contributed by atoms with Crippen LogP contribution in [-0.4, -0.2) is 11.2 Å². The molecular formula is C15H26O. The number of aliphatic hydroxyl groups is 1. The predicted molar refractivity (Wildman–Crippen MR) is 68.2 cm³/mol. The first-order chi connectivity index (χ1) is 7.46. The van der Waals surface area contributed by atoms with E-state index in [0.29, 0.717) is 23.2 Å². The Bertz CT molecular complexity index is 281. The third-order valence-corrected chi connectivity index (χ3v) is 5.04. The summed E-state index contributed by atoms with van der Waals surface area (Å²) < 4.78 is 0. The van der Waals surface area contributed by atoms with E-state index in [1.165, 1.54) is 37.7 Å². The Morgan fingerprint density at radius 1 is 1.38 bits per heavy atom. The van der Waals surface area contributed by atoms with Crippen LogP contribution >= 0.6 is 0 Å². The monoisotopic (exact) mass is 222 g/mol. The highest BCUT2D eigenvalue weighted by Crippen LogP contribution is 2.57. The van der Waals surface area contributed by atoms with E-state index >= 15 is 0 Å². The summed E-state index contributed by atoms with van der Waals surface area (Å²) in [4.78, 5) is 0. The van der Waals surface area contributed by atoms with Crippen LogP contribution in [0.25, 0.3) is 0 Å². The average Bonchev–Trinajstić information content (AvgIpc) is 2.55. The van der Waals surface area contributed by atoms with Crippen molar-refractivity contribution < 1.29 is 5.11 Å². The predicted octanol–water partition coefficient (Wildman–Crippen LogP) is 3.78. The summed E-state index contributed by atoms with van der Waals surface area (Å²) >= 11 is 0. The fraction of sp³-hybridized carbons (Fsp3) is 0.867. The Balaban J connectivity index is 2.21. The average molecular weight is 222 g/mol. The minimum absolute atomic E-state index is 0.137. The highest BCUT2D eigenvalue weighted by molar-refractivity contribution is 5.16. The van der Waals surface area contributed by atoms with Crippen LogP contribution in [0.1, 0.15) is 52.9 Å². The van der Waals surface area contributed by atoms with E-state index in [1.807, 2.05) is 0 Å². The van der Waals surface area contributed by atoms with E-state index in [0.717, 1.165) is 0 Å². The first-order valence-electron chi connectivity index (χ1n) is 6.81. The van der Waals surface area contributed by atoms with Crippen LogP contribution in [0, 0.1) is 23.2 Å². The summed E-state index contributed by atoms with van der Waals surface area (Å²) in [6.45, 7) is 11.0. The maximum Gasteiger partial charge on any atom is 0.0597 e. The maximum absolute atomic E-state index is 10.4. The van der Waals surface area contributed by atoms with Gasteiger partial charge in [0, 0.05) is 0 Å². The number of aliphatic hydroxyl groups excluding tert-OH is 1. The van der Waals surface area contributed by atoms with Gasteiger partial charge in [-0.3, -0.25) is 0 Å². The normalized spacial score (nSPS) is 41.2. The Labute approximate surface area is 99.9 Å². The fourth-order valence-electron chi connectivity index (χ4n) is 4.15. The molecule has 0 amide bonds. The molecule has 1 N–H and O–H groups in total. The van der Waals surface area contributed by atoms with E-state index in [2.05, 4.69) is 27.4 Å². The molecule has 1 nitrogen and oxygen atoms in total. The number of allylic oxidation sites excluding steroid dienone is 1. The Kier molecular flexibility index (Phi) is 3.18. The molecule has 16 heavy (non-hydrogen) atoms. The Hall–Kier alpha value is -0.300. The molecule has 92 valence electrons. The molecule has 0 aromatic carbocycles. The molecule has 2 aliphatic rings. The van der Waals surface area contributed by atoms with Crippen LogP contribution in [-0.2, 0) is 0 Å². The molecule has 0 radical (unpaired) electrons. The molecule has 0 aromatic heterocycles. The van der Waals surface area contributed by atoms with Gasteiger partial charge in [-0.25, -0.2) is 0 Å². The second kappa shape index (κ2) is 4.18. The lowest BCUT2D eigenvalue weighted by Gasteiger charge is -2.41. The van der Waals surface area contributed by atoms with E-state index < -0.39 is 0 Å². The summed E-state index contributed by atoms with van der Waals surface area (Å²) in [7, 11) is 0. The molecular weight excluding hydrogens is 196 g/mol. The molecule has 0 aromatic rings. The molecule has 1 heteroatoms. The lowest BCUT2D eigenvalue weighted by atomic mass is 9.64. The van der Waals surface area contributed by atoms with Gasteiger partial charge in [-0.1, -0.05) is 32.9 Å². The topological polar surface area (TPSA) is 20.2 Å². The van der Waals surface area contributed by atoms with E-state index in [4.69, 9.17) is 0 Å². The molecule has 2 saturated carbocycles. The van der Waals surface area contributed by atoms with Crippen molar-refractivity contribution in [1.82, 2.24) is 0 Å². The van der Waals surface area contributed by atoms with Crippen LogP contribution in [0.5, 0.6) is 0 Å². The first kappa shape index (κ1) is 12.2. The third-order valence-electron chi connectivity index (χ3n) is 5.04. The molecule has 0 saturated heterocycles. The van der Waals surface area contributed by atoms with Crippen LogP contribution in [0.4, 0.5) is 0 Å². The lowest BCUT2D eigenvalue weighted by Crippen LogP contribution is -2.36. The highest BCUT2D eigenvalue weighted by Gasteiger charge is 2.50. The smallest absolute Gasteiger partial charge is 0.0597 e. The molecule has 2 rings (SSSR count). The quantitative estimate of drug-likeness (QED) is 0.705. The van der Waals surface area contributed by atoms with E-state index in [9.17, 15) is 5.11 Å². The molecule has 2 fully saturated rings. The molecule has 3 unspecified atom stereocenters. The minimum atomic E-state index is -0.137. The highest BCUT2D eigenvalue weighted by atomic mass is 16.3. The Morgan fingerprint density at radius 2 is 2.06 bits per heavy atom. The first-order valence-corrected chi connectivity index (χ1v) is 6.81. The zero-order valence-electron chi connectivity index (χ0n) is 11.0. The summed E-state index contributed by atoms with van der Waals surface area (Å²) in [6.07, 6.45) is 6.15. The Morgan fingerprint density at radius 3 is 2.69 bits per heavy atom. The number of hydrogen-bond donors (Lipinski definition) is 1. The van der Waals surface area contributed by atoms with E-state index in [-0.39, 0.29) is 6.10 Å². The van der Waals surface area contributed by atoms with Gasteiger partial charge in [-0.05, 0) is 55.3 Å². The fourth-order valence-corrected chi connectivity index (χ4v) is 4.15. The van der Waals surface area contributed by atoms with Crippen molar-refractivity contribution in [2.24, 2.45) is 23.2 Å². The van der Waals surface area contributed by atoms with Crippen molar-refractivity contribution in [3.63, 3.8) is 0 Å². The van der Waals surface area contributed by atoms with Crippen molar-refractivity contribution >= 4 is 0 Å². The SMILES string of the molecule is C=C1CCCC2(C)CC[C@H](C(O)C(C)C)C12. The second-order valence-electron chi connectivity index (χ2n) is 6.58. The largest absolute Gasteiger partial charge is 0.393 e. The van der Waals surface area contributed by atoms with Gasteiger partial charge >= 0.3 is 0 Å². The number of fused-ring (bicyclic) bond motifs is 1. The van der Waals surface area contributed by atoms with Gasteiger partial charge in [0.15, 0.2) is 0 Å². The summed E-state index contributed by atoms with van der Waals surface area (Å²) in [5, 5.41) is 10.4. The summed E-state index contributed by atoms with van der Waals surface area (Å²) in [5.74, 6) is 1.43. The maximum atomic E-state index is 10.4. The minimum Gasteiger partial charge on any atom is -0.393 e. The molecule has 0 bridgehead atoms.